The van der Waals surface area contributed by atoms with E-state index in [0.717, 1.165) is 0 Å². The molecule has 2 aromatic rings. The minimum Gasteiger partial charge on any atom is -0.497 e. The number of imide groups is 1. The molecule has 168 valence electrons. The summed E-state index contributed by atoms with van der Waals surface area (Å²) < 4.78 is 9.98. The van der Waals surface area contributed by atoms with E-state index in [1.807, 2.05) is 0 Å². The zero-order valence-electron chi connectivity index (χ0n) is 16.5. The van der Waals surface area contributed by atoms with Gasteiger partial charge in [-0.3, -0.25) is 19.3 Å². The Hall–Kier alpha value is -2.52. The summed E-state index contributed by atoms with van der Waals surface area (Å²) in [5, 5.41) is 1.65. The van der Waals surface area contributed by atoms with Crippen LogP contribution in [-0.2, 0) is 14.3 Å². The highest BCUT2D eigenvalue weighted by Crippen LogP contribution is 2.45. The number of rotatable bonds is 6. The summed E-state index contributed by atoms with van der Waals surface area (Å²) in [6, 6.07) is 5.11. The topological polar surface area (TPSA) is 102 Å². The first-order valence-electron chi connectivity index (χ1n) is 8.92. The maximum atomic E-state index is 12.8. The van der Waals surface area contributed by atoms with Gasteiger partial charge in [-0.15, -0.1) is 0 Å². The van der Waals surface area contributed by atoms with Gasteiger partial charge < -0.3 is 14.8 Å². The van der Waals surface area contributed by atoms with E-state index in [2.05, 4.69) is 5.32 Å². The Bertz CT molecular complexity index is 1090. The fourth-order valence-electron chi connectivity index (χ4n) is 2.95. The van der Waals surface area contributed by atoms with Crippen LogP contribution < -0.4 is 10.1 Å². The molecule has 8 nitrogen and oxygen atoms in total. The summed E-state index contributed by atoms with van der Waals surface area (Å²) in [6.07, 6.45) is 0. The molecular formula is C20H14Cl4N2O6. The van der Waals surface area contributed by atoms with Crippen LogP contribution >= 0.6 is 46.4 Å². The molecule has 12 heteroatoms. The number of amides is 3. The van der Waals surface area contributed by atoms with Crippen LogP contribution in [0.3, 0.4) is 0 Å². The zero-order chi connectivity index (χ0) is 23.7. The van der Waals surface area contributed by atoms with Crippen molar-refractivity contribution < 1.29 is 28.7 Å². The number of hydrogen-bond acceptors (Lipinski definition) is 6. The third-order valence-electron chi connectivity index (χ3n) is 4.58. The Balaban J connectivity index is 1.68. The largest absolute Gasteiger partial charge is 0.497 e. The number of esters is 1. The molecule has 0 unspecified atom stereocenters. The summed E-state index contributed by atoms with van der Waals surface area (Å²) in [5.74, 6) is -2.78. The normalized spacial score (nSPS) is 13.6. The number of fused-ring (bicyclic) bond motifs is 1. The van der Waals surface area contributed by atoms with Crippen molar-refractivity contribution in [2.45, 2.75) is 13.0 Å². The molecule has 0 radical (unpaired) electrons. The maximum absolute atomic E-state index is 12.8. The number of methoxy groups -OCH3 is 1. The van der Waals surface area contributed by atoms with Crippen LogP contribution in [0.15, 0.2) is 24.3 Å². The van der Waals surface area contributed by atoms with Crippen molar-refractivity contribution >= 4 is 75.8 Å². The lowest BCUT2D eigenvalue weighted by Gasteiger charge is -2.20. The second kappa shape index (κ2) is 9.54. The fraction of sp³-hybridized carbons (Fsp3) is 0.200. The van der Waals surface area contributed by atoms with Crippen LogP contribution in [0.2, 0.25) is 20.1 Å². The summed E-state index contributed by atoms with van der Waals surface area (Å²) in [4.78, 5) is 50.7. The van der Waals surface area contributed by atoms with Crippen molar-refractivity contribution in [2.75, 3.05) is 19.0 Å². The molecule has 3 amide bonds. The summed E-state index contributed by atoms with van der Waals surface area (Å²) >= 11 is 24.1. The van der Waals surface area contributed by atoms with Crippen LogP contribution in [0.4, 0.5) is 5.69 Å². The monoisotopic (exact) mass is 518 g/mol. The van der Waals surface area contributed by atoms with Crippen molar-refractivity contribution in [3.05, 3.63) is 55.5 Å². The van der Waals surface area contributed by atoms with Gasteiger partial charge in [0.2, 0.25) is 0 Å². The fourth-order valence-corrected chi connectivity index (χ4v) is 3.97. The molecule has 1 N–H and O–H groups in total. The Kier molecular flexibility index (Phi) is 7.19. The molecule has 3 rings (SSSR count). The average Bonchev–Trinajstić information content (AvgIpc) is 3.04. The molecule has 1 heterocycles. The predicted molar refractivity (Wildman–Crippen MR) is 119 cm³/mol. The molecular weight excluding hydrogens is 506 g/mol. The molecule has 32 heavy (non-hydrogen) atoms. The van der Waals surface area contributed by atoms with Crippen LogP contribution in [0.1, 0.15) is 27.6 Å². The number of carbonyl (C=O) groups excluding carboxylic acids is 4. The molecule has 0 saturated carbocycles. The Labute approximate surface area is 202 Å². The van der Waals surface area contributed by atoms with E-state index in [9.17, 15) is 19.2 Å². The van der Waals surface area contributed by atoms with Crippen LogP contribution in [-0.4, -0.2) is 48.3 Å². The van der Waals surface area contributed by atoms with Crippen molar-refractivity contribution in [3.63, 3.8) is 0 Å². The molecule has 1 atom stereocenters. The first-order valence-corrected chi connectivity index (χ1v) is 10.4. The van der Waals surface area contributed by atoms with Gasteiger partial charge in [0, 0.05) is 5.69 Å². The van der Waals surface area contributed by atoms with Gasteiger partial charge in [-0.05, 0) is 31.2 Å². The summed E-state index contributed by atoms with van der Waals surface area (Å²) in [7, 11) is 1.51. The van der Waals surface area contributed by atoms with E-state index in [1.165, 1.54) is 14.0 Å². The van der Waals surface area contributed by atoms with Gasteiger partial charge in [-0.1, -0.05) is 46.4 Å². The van der Waals surface area contributed by atoms with E-state index in [1.54, 1.807) is 24.3 Å². The highest BCUT2D eigenvalue weighted by Gasteiger charge is 2.45. The maximum Gasteiger partial charge on any atom is 0.329 e. The van der Waals surface area contributed by atoms with Gasteiger partial charge in [0.05, 0.1) is 38.3 Å². The van der Waals surface area contributed by atoms with Gasteiger partial charge in [0.15, 0.2) is 6.61 Å². The lowest BCUT2D eigenvalue weighted by atomic mass is 10.1. The van der Waals surface area contributed by atoms with Gasteiger partial charge in [0.1, 0.15) is 11.8 Å². The minimum atomic E-state index is -1.37. The van der Waals surface area contributed by atoms with Gasteiger partial charge in [-0.2, -0.15) is 0 Å². The SMILES string of the molecule is COc1ccc(NC(=O)COC(=O)[C@H](C)N2C(=O)c3c(Cl)c(Cl)c(Cl)c(Cl)c3C2=O)cc1. The molecule has 0 aliphatic carbocycles. The lowest BCUT2D eigenvalue weighted by Crippen LogP contribution is -2.44. The van der Waals surface area contributed by atoms with Crippen LogP contribution in [0, 0.1) is 0 Å². The van der Waals surface area contributed by atoms with Crippen molar-refractivity contribution in [1.29, 1.82) is 0 Å². The molecule has 0 spiro atoms. The van der Waals surface area contributed by atoms with Crippen molar-refractivity contribution in [3.8, 4) is 5.75 Å². The molecule has 2 aromatic carbocycles. The number of ether oxygens (including phenoxy) is 2. The summed E-state index contributed by atoms with van der Waals surface area (Å²) in [5.41, 5.74) is -0.0563. The van der Waals surface area contributed by atoms with E-state index in [-0.39, 0.29) is 31.2 Å². The van der Waals surface area contributed by atoms with Gasteiger partial charge >= 0.3 is 5.97 Å². The molecule has 0 aromatic heterocycles. The standard InChI is InChI=1S/C20H14Cl4N2O6/c1-8(20(30)32-7-11(27)25-9-3-5-10(31-2)6-4-9)26-18(28)12-13(19(26)29)15(22)17(24)16(23)14(12)21/h3-6,8H,7H2,1-2H3,(H,25,27)/t8-/m0/s1. The molecule has 0 fully saturated rings. The highest BCUT2D eigenvalue weighted by atomic mass is 35.5. The molecule has 1 aliphatic rings. The molecule has 0 saturated heterocycles. The summed E-state index contributed by atoms with van der Waals surface area (Å²) in [6.45, 7) is 0.619. The van der Waals surface area contributed by atoms with Gasteiger partial charge in [0.25, 0.3) is 17.7 Å². The lowest BCUT2D eigenvalue weighted by molar-refractivity contribution is -0.150. The zero-order valence-corrected chi connectivity index (χ0v) is 19.5. The van der Waals surface area contributed by atoms with Crippen molar-refractivity contribution in [2.24, 2.45) is 0 Å². The first kappa shape index (κ1) is 24.1. The van der Waals surface area contributed by atoms with Crippen molar-refractivity contribution in [1.82, 2.24) is 4.90 Å². The Morgan fingerprint density at radius 2 is 1.44 bits per heavy atom. The average molecular weight is 520 g/mol. The third-order valence-corrected chi connectivity index (χ3v) is 6.38. The second-order valence-corrected chi connectivity index (χ2v) is 8.06. The van der Waals surface area contributed by atoms with Crippen LogP contribution in [0.5, 0.6) is 5.75 Å². The number of halogens is 4. The quantitative estimate of drug-likeness (QED) is 0.261. The highest BCUT2D eigenvalue weighted by molar-refractivity contribution is 6.55. The number of benzene rings is 2. The second-order valence-electron chi connectivity index (χ2n) is 6.55. The van der Waals surface area contributed by atoms with E-state index >= 15 is 0 Å². The number of carbonyl (C=O) groups is 4. The number of nitrogens with one attached hydrogen (secondary N) is 1. The smallest absolute Gasteiger partial charge is 0.329 e. The van der Waals surface area contributed by atoms with Crippen LogP contribution in [0.25, 0.3) is 0 Å². The third kappa shape index (κ3) is 4.36. The number of nitrogens with zero attached hydrogens (tertiary/aromatic N) is 1. The minimum absolute atomic E-state index is 0.189. The number of anilines is 1. The van der Waals surface area contributed by atoms with E-state index < -0.39 is 36.3 Å². The molecule has 1 aliphatic heterocycles. The van der Waals surface area contributed by atoms with E-state index in [0.29, 0.717) is 16.3 Å². The van der Waals surface area contributed by atoms with E-state index in [4.69, 9.17) is 55.9 Å². The molecule has 0 bridgehead atoms. The predicted octanol–water partition coefficient (Wildman–Crippen LogP) is 4.48. The first-order chi connectivity index (χ1) is 15.1. The Morgan fingerprint density at radius 3 is 1.91 bits per heavy atom. The Morgan fingerprint density at radius 1 is 0.938 bits per heavy atom. The number of hydrogen-bond donors (Lipinski definition) is 1. The van der Waals surface area contributed by atoms with Gasteiger partial charge in [-0.25, -0.2) is 4.79 Å².